The Balaban J connectivity index is 1.73. The summed E-state index contributed by atoms with van der Waals surface area (Å²) in [5, 5.41) is 7.03. The minimum Gasteiger partial charge on any atom is -0.349 e. The van der Waals surface area contributed by atoms with Crippen molar-refractivity contribution in [2.75, 3.05) is 23.3 Å². The Morgan fingerprint density at radius 1 is 1.16 bits per heavy atom. The Labute approximate surface area is 178 Å². The summed E-state index contributed by atoms with van der Waals surface area (Å²) in [5.41, 5.74) is 1.97. The molecule has 0 unspecified atom stereocenters. The summed E-state index contributed by atoms with van der Waals surface area (Å²) in [4.78, 5) is 27.3. The van der Waals surface area contributed by atoms with E-state index >= 15 is 0 Å². The molecule has 0 atom stereocenters. The number of anilines is 2. The van der Waals surface area contributed by atoms with Crippen LogP contribution in [0.25, 0.3) is 11.3 Å². The van der Waals surface area contributed by atoms with Crippen molar-refractivity contribution in [2.24, 2.45) is 7.05 Å². The van der Waals surface area contributed by atoms with Gasteiger partial charge < -0.3 is 10.2 Å². The number of carbonyl (C=O) groups excluding carboxylic acids is 1. The number of halogens is 2. The Kier molecular flexibility index (Phi) is 5.38. The van der Waals surface area contributed by atoms with Gasteiger partial charge in [-0.05, 0) is 12.1 Å². The zero-order valence-electron chi connectivity index (χ0n) is 17.5. The van der Waals surface area contributed by atoms with Crippen molar-refractivity contribution in [1.29, 1.82) is 0 Å². The Hall–Kier alpha value is -3.43. The Bertz CT molecular complexity index is 1100. The van der Waals surface area contributed by atoms with Crippen LogP contribution in [0.2, 0.25) is 0 Å². The topological polar surface area (TPSA) is 88.8 Å². The van der Waals surface area contributed by atoms with E-state index in [2.05, 4.69) is 25.4 Å². The molecule has 1 saturated heterocycles. The van der Waals surface area contributed by atoms with Crippen molar-refractivity contribution in [3.05, 3.63) is 48.3 Å². The number of pyridine rings is 1. The molecule has 0 spiro atoms. The fourth-order valence-electron chi connectivity index (χ4n) is 3.52. The second-order valence-corrected chi connectivity index (χ2v) is 7.86. The molecule has 162 valence electrons. The highest BCUT2D eigenvalue weighted by atomic mass is 19.3. The van der Waals surface area contributed by atoms with Gasteiger partial charge in [-0.15, -0.1) is 0 Å². The number of hydrogen-bond acceptors (Lipinski definition) is 6. The maximum Gasteiger partial charge on any atom is 0.266 e. The van der Waals surface area contributed by atoms with Gasteiger partial charge in [-0.2, -0.15) is 5.10 Å². The molecule has 1 fully saturated rings. The van der Waals surface area contributed by atoms with E-state index < -0.39 is 18.4 Å². The van der Waals surface area contributed by atoms with Crippen LogP contribution in [0, 0.1) is 0 Å². The lowest BCUT2D eigenvalue weighted by Crippen LogP contribution is -2.27. The minimum absolute atomic E-state index is 0.135. The van der Waals surface area contributed by atoms with Gasteiger partial charge in [0.05, 0.1) is 23.5 Å². The third-order valence-corrected chi connectivity index (χ3v) is 5.19. The average molecular weight is 427 g/mol. The van der Waals surface area contributed by atoms with Gasteiger partial charge in [-0.25, -0.2) is 23.7 Å². The summed E-state index contributed by atoms with van der Waals surface area (Å²) >= 11 is 0. The first-order chi connectivity index (χ1) is 14.7. The molecule has 1 N–H and O–H groups in total. The lowest BCUT2D eigenvalue weighted by molar-refractivity contribution is 0.0257. The highest BCUT2D eigenvalue weighted by molar-refractivity contribution is 6.07. The van der Waals surface area contributed by atoms with Gasteiger partial charge in [0, 0.05) is 56.3 Å². The molecule has 31 heavy (non-hydrogen) atoms. The summed E-state index contributed by atoms with van der Waals surface area (Å²) in [7, 11) is 1.77. The Morgan fingerprint density at radius 2 is 1.90 bits per heavy atom. The lowest BCUT2D eigenvalue weighted by Gasteiger charge is -2.22. The van der Waals surface area contributed by atoms with Crippen molar-refractivity contribution in [2.45, 2.75) is 32.1 Å². The number of alkyl halides is 2. The monoisotopic (exact) mass is 427 g/mol. The molecule has 0 aromatic carbocycles. The maximum absolute atomic E-state index is 13.9. The molecule has 3 aromatic rings. The van der Waals surface area contributed by atoms with Crippen LogP contribution in [0.5, 0.6) is 0 Å². The SMILES string of the molecule is CC(C)c1ncc(C(=O)Nc2c(-c3ccnn3C)ccnc2N2CCC(F)(F)C2)cn1. The van der Waals surface area contributed by atoms with Gasteiger partial charge in [0.1, 0.15) is 5.82 Å². The van der Waals surface area contributed by atoms with Crippen molar-refractivity contribution >= 4 is 17.4 Å². The first kappa shape index (κ1) is 20.8. The van der Waals surface area contributed by atoms with Crippen LogP contribution in [0.1, 0.15) is 42.4 Å². The van der Waals surface area contributed by atoms with Gasteiger partial charge in [0.15, 0.2) is 5.82 Å². The van der Waals surface area contributed by atoms with E-state index in [1.54, 1.807) is 36.3 Å². The van der Waals surface area contributed by atoms with Gasteiger partial charge in [0.2, 0.25) is 0 Å². The molecule has 1 aliphatic heterocycles. The number of nitrogens with one attached hydrogen (secondary N) is 1. The predicted molar refractivity (Wildman–Crippen MR) is 112 cm³/mol. The molecule has 1 aliphatic rings. The number of nitrogens with zero attached hydrogens (tertiary/aromatic N) is 6. The summed E-state index contributed by atoms with van der Waals surface area (Å²) in [5.74, 6) is -2.18. The number of aromatic nitrogens is 5. The minimum atomic E-state index is -2.80. The molecule has 10 heteroatoms. The zero-order chi connectivity index (χ0) is 22.2. The van der Waals surface area contributed by atoms with Crippen LogP contribution in [-0.2, 0) is 7.05 Å². The normalized spacial score (nSPS) is 15.5. The van der Waals surface area contributed by atoms with E-state index in [0.717, 1.165) is 5.69 Å². The molecule has 3 aromatic heterocycles. The predicted octanol–water partition coefficient (Wildman–Crippen LogP) is 3.49. The summed E-state index contributed by atoms with van der Waals surface area (Å²) < 4.78 is 29.4. The molecule has 4 heterocycles. The highest BCUT2D eigenvalue weighted by Gasteiger charge is 2.40. The van der Waals surface area contributed by atoms with Crippen LogP contribution >= 0.6 is 0 Å². The van der Waals surface area contributed by atoms with Gasteiger partial charge in [-0.3, -0.25) is 9.48 Å². The molecule has 0 saturated carbocycles. The first-order valence-corrected chi connectivity index (χ1v) is 9.98. The largest absolute Gasteiger partial charge is 0.349 e. The number of rotatable bonds is 5. The first-order valence-electron chi connectivity index (χ1n) is 9.98. The molecule has 0 radical (unpaired) electrons. The van der Waals surface area contributed by atoms with E-state index in [0.29, 0.717) is 22.9 Å². The van der Waals surface area contributed by atoms with Crippen molar-refractivity contribution in [1.82, 2.24) is 24.7 Å². The summed E-state index contributed by atoms with van der Waals surface area (Å²) in [6.07, 6.45) is 5.83. The second kappa shape index (κ2) is 8.01. The van der Waals surface area contributed by atoms with Gasteiger partial charge in [0.25, 0.3) is 11.8 Å². The number of amides is 1. The summed E-state index contributed by atoms with van der Waals surface area (Å²) in [6, 6.07) is 3.51. The van der Waals surface area contributed by atoms with Crippen molar-refractivity contribution < 1.29 is 13.6 Å². The molecular formula is C21H23F2N7O. The molecule has 8 nitrogen and oxygen atoms in total. The zero-order valence-corrected chi connectivity index (χ0v) is 17.5. The van der Waals surface area contributed by atoms with Crippen LogP contribution in [0.4, 0.5) is 20.3 Å². The number of carbonyl (C=O) groups is 1. The standard InChI is InChI=1S/C21H23F2N7O/c1-13(2)18-25-10-14(11-26-18)20(31)28-17-15(16-5-8-27-29(16)3)4-7-24-19(17)30-9-6-21(22,23)12-30/h4-5,7-8,10-11,13H,6,9,12H2,1-3H3,(H,28,31). The fourth-order valence-corrected chi connectivity index (χ4v) is 3.52. The third-order valence-electron chi connectivity index (χ3n) is 5.19. The maximum atomic E-state index is 13.9. The van der Waals surface area contributed by atoms with Gasteiger partial charge >= 0.3 is 0 Å². The molecule has 1 amide bonds. The van der Waals surface area contributed by atoms with Crippen LogP contribution < -0.4 is 10.2 Å². The molecule has 4 rings (SSSR count). The van der Waals surface area contributed by atoms with E-state index in [1.807, 2.05) is 13.8 Å². The lowest BCUT2D eigenvalue weighted by atomic mass is 10.1. The van der Waals surface area contributed by atoms with E-state index in [4.69, 9.17) is 0 Å². The van der Waals surface area contributed by atoms with E-state index in [-0.39, 0.29) is 24.4 Å². The third kappa shape index (κ3) is 4.23. The molecule has 0 bridgehead atoms. The van der Waals surface area contributed by atoms with Crippen LogP contribution in [0.15, 0.2) is 36.9 Å². The average Bonchev–Trinajstić information content (AvgIpc) is 3.33. The van der Waals surface area contributed by atoms with Crippen LogP contribution in [-0.4, -0.2) is 49.7 Å². The highest BCUT2D eigenvalue weighted by Crippen LogP contribution is 2.38. The second-order valence-electron chi connectivity index (χ2n) is 7.86. The summed E-state index contributed by atoms with van der Waals surface area (Å²) in [6.45, 7) is 3.61. The van der Waals surface area contributed by atoms with E-state index in [1.165, 1.54) is 17.3 Å². The smallest absolute Gasteiger partial charge is 0.266 e. The van der Waals surface area contributed by atoms with Crippen molar-refractivity contribution in [3.8, 4) is 11.3 Å². The molecule has 0 aliphatic carbocycles. The molecular weight excluding hydrogens is 404 g/mol. The fraction of sp³-hybridized carbons (Fsp3) is 0.381. The Morgan fingerprint density at radius 3 is 2.48 bits per heavy atom. The van der Waals surface area contributed by atoms with Crippen molar-refractivity contribution in [3.63, 3.8) is 0 Å². The van der Waals surface area contributed by atoms with Gasteiger partial charge in [-0.1, -0.05) is 13.8 Å². The number of hydrogen-bond donors (Lipinski definition) is 1. The quantitative estimate of drug-likeness (QED) is 0.671. The van der Waals surface area contributed by atoms with Crippen LogP contribution in [0.3, 0.4) is 0 Å². The number of aryl methyl sites for hydroxylation is 1. The van der Waals surface area contributed by atoms with E-state index in [9.17, 15) is 13.6 Å².